The zero-order valence-corrected chi connectivity index (χ0v) is 22.9. The standard InChI is InChI=1S/C27H29N2O6.HI/c1-28-11-10-19-13-24(32-2)25(33-3)15-21(19)23(28)12-20-14-27(26(34-4)16-22(20)29(30)31)35-17-18-8-6-5-7-9-18;/h5-9,13-16H,10-12,17H2,1-4H3;1H/q+1;/p-1. The highest BCUT2D eigenvalue weighted by molar-refractivity contribution is 6.01. The Morgan fingerprint density at radius 3 is 2.19 bits per heavy atom. The zero-order chi connectivity index (χ0) is 24.9. The van der Waals surface area contributed by atoms with E-state index < -0.39 is 0 Å². The lowest BCUT2D eigenvalue weighted by atomic mass is 9.91. The first-order valence-electron chi connectivity index (χ1n) is 11.3. The average molecular weight is 604 g/mol. The molecule has 0 radical (unpaired) electrons. The normalized spacial score (nSPS) is 12.3. The number of rotatable bonds is 9. The van der Waals surface area contributed by atoms with Gasteiger partial charge in [-0.3, -0.25) is 10.1 Å². The van der Waals surface area contributed by atoms with Crippen molar-refractivity contribution >= 4 is 11.4 Å². The number of nitro benzene ring substituents is 1. The van der Waals surface area contributed by atoms with Crippen LogP contribution in [0.1, 0.15) is 22.3 Å². The molecule has 0 unspecified atom stereocenters. The maximum atomic E-state index is 12.0. The van der Waals surface area contributed by atoms with Crippen molar-refractivity contribution in [3.8, 4) is 23.0 Å². The molecule has 190 valence electrons. The molecule has 8 nitrogen and oxygen atoms in total. The van der Waals surface area contributed by atoms with Gasteiger partial charge in [0.2, 0.25) is 0 Å². The van der Waals surface area contributed by atoms with Crippen LogP contribution >= 0.6 is 0 Å². The Morgan fingerprint density at radius 1 is 0.917 bits per heavy atom. The second kappa shape index (κ2) is 12.1. The Kier molecular flexibility index (Phi) is 9.14. The minimum atomic E-state index is -0.377. The predicted octanol–water partition coefficient (Wildman–Crippen LogP) is 1.43. The minimum absolute atomic E-state index is 0. The molecule has 9 heteroatoms. The van der Waals surface area contributed by atoms with Crippen LogP contribution in [-0.4, -0.2) is 50.1 Å². The summed E-state index contributed by atoms with van der Waals surface area (Å²) < 4.78 is 24.6. The van der Waals surface area contributed by atoms with Crippen LogP contribution in [0.4, 0.5) is 5.69 Å². The molecule has 4 rings (SSSR count). The predicted molar refractivity (Wildman–Crippen MR) is 133 cm³/mol. The Labute approximate surface area is 227 Å². The van der Waals surface area contributed by atoms with Gasteiger partial charge in [0.05, 0.1) is 38.7 Å². The monoisotopic (exact) mass is 604 g/mol. The molecule has 3 aromatic carbocycles. The van der Waals surface area contributed by atoms with Crippen LogP contribution in [0.25, 0.3) is 0 Å². The fourth-order valence-corrected chi connectivity index (χ4v) is 4.35. The third kappa shape index (κ3) is 5.72. The molecule has 0 saturated heterocycles. The molecule has 0 aliphatic carbocycles. The number of hydrogen-bond acceptors (Lipinski definition) is 6. The second-order valence-electron chi connectivity index (χ2n) is 8.32. The number of halogens is 1. The van der Waals surface area contributed by atoms with E-state index in [1.54, 1.807) is 20.3 Å². The highest BCUT2D eigenvalue weighted by Gasteiger charge is 2.29. The number of ether oxygens (including phenoxy) is 4. The van der Waals surface area contributed by atoms with Crippen molar-refractivity contribution in [3.63, 3.8) is 0 Å². The fourth-order valence-electron chi connectivity index (χ4n) is 4.35. The van der Waals surface area contributed by atoms with Crippen LogP contribution in [0.2, 0.25) is 0 Å². The van der Waals surface area contributed by atoms with Crippen molar-refractivity contribution in [1.29, 1.82) is 0 Å². The van der Waals surface area contributed by atoms with Crippen LogP contribution < -0.4 is 42.9 Å². The van der Waals surface area contributed by atoms with Gasteiger partial charge in [0.1, 0.15) is 20.2 Å². The number of nitrogens with zero attached hydrogens (tertiary/aromatic N) is 2. The maximum Gasteiger partial charge on any atom is 0.277 e. The number of methoxy groups -OCH3 is 3. The van der Waals surface area contributed by atoms with Gasteiger partial charge in [-0.05, 0) is 29.3 Å². The SMILES string of the molecule is COc1cc2c(cc1OC)C(Cc1cc(OCc3ccccc3)c(OC)cc1[N+](=O)[O-])=[N+](C)CC2.[I-]. The summed E-state index contributed by atoms with van der Waals surface area (Å²) in [7, 11) is 6.69. The maximum absolute atomic E-state index is 12.0. The van der Waals surface area contributed by atoms with Crippen LogP contribution in [0.15, 0.2) is 54.6 Å². The van der Waals surface area contributed by atoms with E-state index in [2.05, 4.69) is 4.58 Å². The first kappa shape index (κ1) is 27.3. The van der Waals surface area contributed by atoms with Gasteiger partial charge in [0, 0.05) is 17.5 Å². The molecule has 0 bridgehead atoms. The number of benzene rings is 3. The Hall–Kier alpha value is -3.34. The number of likely N-dealkylation sites (N-methyl/N-ethyl adjacent to an activating group) is 1. The van der Waals surface area contributed by atoms with Crippen LogP contribution in [0, 0.1) is 10.1 Å². The van der Waals surface area contributed by atoms with Gasteiger partial charge in [0.25, 0.3) is 5.69 Å². The summed E-state index contributed by atoms with van der Waals surface area (Å²) in [5.41, 5.74) is 4.60. The molecule has 0 saturated carbocycles. The van der Waals surface area contributed by atoms with Gasteiger partial charge in [0.15, 0.2) is 28.7 Å². The Bertz CT molecular complexity index is 1280. The van der Waals surface area contributed by atoms with Crippen molar-refractivity contribution in [3.05, 3.63) is 87.0 Å². The molecule has 0 spiro atoms. The smallest absolute Gasteiger partial charge is 0.277 e. The molecule has 0 fully saturated rings. The van der Waals surface area contributed by atoms with Crippen LogP contribution in [0.3, 0.4) is 0 Å². The van der Waals surface area contributed by atoms with Gasteiger partial charge < -0.3 is 42.9 Å². The molecule has 0 amide bonds. The van der Waals surface area contributed by atoms with Gasteiger partial charge in [-0.25, -0.2) is 4.58 Å². The van der Waals surface area contributed by atoms with E-state index in [0.717, 1.165) is 35.4 Å². The van der Waals surface area contributed by atoms with E-state index in [1.807, 2.05) is 49.5 Å². The van der Waals surface area contributed by atoms with Crippen molar-refractivity contribution in [2.45, 2.75) is 19.4 Å². The van der Waals surface area contributed by atoms with Gasteiger partial charge >= 0.3 is 0 Å². The van der Waals surface area contributed by atoms with Crippen molar-refractivity contribution < 1.29 is 52.4 Å². The second-order valence-corrected chi connectivity index (χ2v) is 8.32. The Balaban J connectivity index is 0.00000361. The molecule has 3 aromatic rings. The van der Waals surface area contributed by atoms with E-state index in [9.17, 15) is 10.1 Å². The third-order valence-corrected chi connectivity index (χ3v) is 6.25. The number of fused-ring (bicyclic) bond motifs is 1. The summed E-state index contributed by atoms with van der Waals surface area (Å²) >= 11 is 0. The molecule has 1 heterocycles. The van der Waals surface area contributed by atoms with Gasteiger partial charge in [-0.15, -0.1) is 0 Å². The lowest BCUT2D eigenvalue weighted by Crippen LogP contribution is -3.00. The minimum Gasteiger partial charge on any atom is -1.00 e. The van der Waals surface area contributed by atoms with Crippen molar-refractivity contribution in [1.82, 2.24) is 0 Å². The first-order chi connectivity index (χ1) is 16.9. The largest absolute Gasteiger partial charge is 1.00 e. The molecule has 0 N–H and O–H groups in total. The molecule has 1 aliphatic heterocycles. The third-order valence-electron chi connectivity index (χ3n) is 6.25. The summed E-state index contributed by atoms with van der Waals surface area (Å²) in [6, 6.07) is 16.8. The molecule has 1 aliphatic rings. The van der Waals surface area contributed by atoms with E-state index in [1.165, 1.54) is 13.2 Å². The summed E-state index contributed by atoms with van der Waals surface area (Å²) in [6.07, 6.45) is 1.19. The number of hydrogen-bond donors (Lipinski definition) is 0. The molecule has 0 aromatic heterocycles. The van der Waals surface area contributed by atoms with Crippen molar-refractivity contribution in [2.75, 3.05) is 34.9 Å². The number of nitro groups is 1. The lowest BCUT2D eigenvalue weighted by molar-refractivity contribution is -0.499. The zero-order valence-electron chi connectivity index (χ0n) is 20.7. The molecular formula is C27H29IN2O6. The Morgan fingerprint density at radius 2 is 1.56 bits per heavy atom. The van der Waals surface area contributed by atoms with E-state index >= 15 is 0 Å². The van der Waals surface area contributed by atoms with Gasteiger partial charge in [-0.1, -0.05) is 30.3 Å². The fraction of sp³-hybridized carbons (Fsp3) is 0.296. The van der Waals surface area contributed by atoms with Gasteiger partial charge in [-0.2, -0.15) is 0 Å². The van der Waals surface area contributed by atoms with E-state index in [0.29, 0.717) is 41.6 Å². The van der Waals surface area contributed by atoms with Crippen molar-refractivity contribution in [2.24, 2.45) is 0 Å². The lowest BCUT2D eigenvalue weighted by Gasteiger charge is -2.20. The van der Waals surface area contributed by atoms with E-state index in [-0.39, 0.29) is 34.6 Å². The highest BCUT2D eigenvalue weighted by Crippen LogP contribution is 2.37. The van der Waals surface area contributed by atoms with Crippen LogP contribution in [0.5, 0.6) is 23.0 Å². The molecule has 0 atom stereocenters. The highest BCUT2D eigenvalue weighted by atomic mass is 127. The molecular weight excluding hydrogens is 575 g/mol. The van der Waals surface area contributed by atoms with Crippen LogP contribution in [-0.2, 0) is 19.4 Å². The summed E-state index contributed by atoms with van der Waals surface area (Å²) in [5, 5.41) is 12.0. The quantitative estimate of drug-likeness (QED) is 0.159. The molecule has 36 heavy (non-hydrogen) atoms. The topological polar surface area (TPSA) is 83.1 Å². The summed E-state index contributed by atoms with van der Waals surface area (Å²) in [4.78, 5) is 11.6. The van der Waals surface area contributed by atoms with E-state index in [4.69, 9.17) is 18.9 Å². The first-order valence-corrected chi connectivity index (χ1v) is 11.3. The summed E-state index contributed by atoms with van der Waals surface area (Å²) in [6.45, 7) is 1.11. The summed E-state index contributed by atoms with van der Waals surface area (Å²) in [5.74, 6) is 2.08. The average Bonchev–Trinajstić information content (AvgIpc) is 2.88.